The molecule has 0 atom stereocenters. The first kappa shape index (κ1) is 21.3. The lowest BCUT2D eigenvalue weighted by Gasteiger charge is -2.10. The Morgan fingerprint density at radius 3 is 2.21 bits per heavy atom. The van der Waals surface area contributed by atoms with Crippen LogP contribution in [0.2, 0.25) is 0 Å². The molecule has 3 aromatic carbocycles. The topological polar surface area (TPSA) is 64.9 Å². The number of pyridine rings is 1. The van der Waals surface area contributed by atoms with Gasteiger partial charge in [0.1, 0.15) is 5.69 Å². The van der Waals surface area contributed by atoms with E-state index in [2.05, 4.69) is 0 Å². The Bertz CT molecular complexity index is 1550. The van der Waals surface area contributed by atoms with Crippen molar-refractivity contribution in [2.75, 3.05) is 6.61 Å². The molecule has 5 rings (SSSR count). The highest BCUT2D eigenvalue weighted by atomic mass is 16.5. The Labute approximate surface area is 196 Å². The summed E-state index contributed by atoms with van der Waals surface area (Å²) in [5.74, 6) is -0.831. The Balaban J connectivity index is 2.04. The molecule has 2 heterocycles. The van der Waals surface area contributed by atoms with E-state index >= 15 is 0 Å². The summed E-state index contributed by atoms with van der Waals surface area (Å²) in [6, 6.07) is 27.3. The Morgan fingerprint density at radius 1 is 0.882 bits per heavy atom. The second-order valence-electron chi connectivity index (χ2n) is 7.84. The van der Waals surface area contributed by atoms with Crippen LogP contribution in [0.15, 0.2) is 91.0 Å². The number of hydrogen-bond donors (Lipinski definition) is 0. The van der Waals surface area contributed by atoms with Crippen LogP contribution in [-0.4, -0.2) is 29.0 Å². The normalized spacial score (nSPS) is 11.0. The minimum Gasteiger partial charge on any atom is -0.461 e. The van der Waals surface area contributed by atoms with Crippen LogP contribution in [-0.2, 0) is 4.74 Å². The van der Waals surface area contributed by atoms with Crippen molar-refractivity contribution >= 4 is 34.5 Å². The number of hydrogen-bond acceptors (Lipinski definition) is 4. The molecule has 0 unspecified atom stereocenters. The van der Waals surface area contributed by atoms with Crippen LogP contribution in [0.1, 0.15) is 43.7 Å². The molecule has 0 saturated carbocycles. The number of aromatic nitrogens is 1. The quantitative estimate of drug-likeness (QED) is 0.182. The summed E-state index contributed by atoms with van der Waals surface area (Å²) in [7, 11) is 0. The molecule has 0 radical (unpaired) electrons. The molecule has 5 aromatic rings. The number of fused-ring (bicyclic) bond motifs is 3. The van der Waals surface area contributed by atoms with Gasteiger partial charge in [-0.05, 0) is 30.0 Å². The van der Waals surface area contributed by atoms with Crippen molar-refractivity contribution in [1.29, 1.82) is 0 Å². The van der Waals surface area contributed by atoms with E-state index in [0.717, 1.165) is 11.7 Å². The van der Waals surface area contributed by atoms with Gasteiger partial charge >= 0.3 is 5.97 Å². The van der Waals surface area contributed by atoms with Gasteiger partial charge in [-0.15, -0.1) is 0 Å². The SMILES string of the molecule is CCOC(=O)c1c(-c2ccccc2)c(C(=O)c2ccccc2)c2c(C=O)cc3ccccc3n12. The Hall–Kier alpha value is -4.51. The van der Waals surface area contributed by atoms with Gasteiger partial charge in [-0.1, -0.05) is 78.9 Å². The van der Waals surface area contributed by atoms with Gasteiger partial charge in [-0.2, -0.15) is 0 Å². The van der Waals surface area contributed by atoms with Gasteiger partial charge in [-0.25, -0.2) is 4.79 Å². The van der Waals surface area contributed by atoms with E-state index in [1.54, 1.807) is 41.7 Å². The van der Waals surface area contributed by atoms with Gasteiger partial charge in [0.25, 0.3) is 0 Å². The monoisotopic (exact) mass is 447 g/mol. The molecule has 166 valence electrons. The van der Waals surface area contributed by atoms with Gasteiger partial charge in [-0.3, -0.25) is 9.59 Å². The van der Waals surface area contributed by atoms with Gasteiger partial charge in [0.05, 0.1) is 23.2 Å². The number of benzene rings is 3. The van der Waals surface area contributed by atoms with Gasteiger partial charge in [0, 0.05) is 16.7 Å². The number of aldehydes is 1. The number of ketones is 1. The van der Waals surface area contributed by atoms with E-state index in [1.165, 1.54) is 0 Å². The lowest BCUT2D eigenvalue weighted by atomic mass is 9.93. The van der Waals surface area contributed by atoms with Crippen molar-refractivity contribution in [2.24, 2.45) is 0 Å². The standard InChI is InChI=1S/C29H21NO4/c1-2-34-29(33)27-24(19-11-5-3-6-12-19)25(28(32)20-13-7-4-8-14-20)26-22(18-31)17-21-15-9-10-16-23(21)30(26)27/h3-18H,2H2,1H3. The zero-order valence-electron chi connectivity index (χ0n) is 18.5. The van der Waals surface area contributed by atoms with Crippen molar-refractivity contribution < 1.29 is 19.1 Å². The molecular formula is C29H21NO4. The third-order valence-corrected chi connectivity index (χ3v) is 5.85. The molecule has 0 aliphatic carbocycles. The maximum Gasteiger partial charge on any atom is 0.355 e. The molecule has 0 aliphatic heterocycles. The summed E-state index contributed by atoms with van der Waals surface area (Å²) in [5.41, 5.74) is 3.55. The van der Waals surface area contributed by atoms with Gasteiger partial charge in [0.2, 0.25) is 0 Å². The van der Waals surface area contributed by atoms with E-state index in [4.69, 9.17) is 4.74 Å². The Morgan fingerprint density at radius 2 is 1.53 bits per heavy atom. The van der Waals surface area contributed by atoms with Crippen molar-refractivity contribution in [2.45, 2.75) is 6.92 Å². The molecule has 34 heavy (non-hydrogen) atoms. The van der Waals surface area contributed by atoms with Crippen LogP contribution in [0.3, 0.4) is 0 Å². The second-order valence-corrected chi connectivity index (χ2v) is 7.84. The lowest BCUT2D eigenvalue weighted by molar-refractivity contribution is 0.0519. The number of rotatable bonds is 6. The first-order valence-corrected chi connectivity index (χ1v) is 11.0. The van der Waals surface area contributed by atoms with Crippen molar-refractivity contribution in [3.63, 3.8) is 0 Å². The highest BCUT2D eigenvalue weighted by Gasteiger charge is 2.31. The number of esters is 1. The fraction of sp³-hybridized carbons (Fsp3) is 0.0690. The number of para-hydroxylation sites is 1. The smallest absolute Gasteiger partial charge is 0.355 e. The van der Waals surface area contributed by atoms with Crippen LogP contribution >= 0.6 is 0 Å². The third-order valence-electron chi connectivity index (χ3n) is 5.85. The largest absolute Gasteiger partial charge is 0.461 e. The highest BCUT2D eigenvalue weighted by Crippen LogP contribution is 2.39. The zero-order valence-corrected chi connectivity index (χ0v) is 18.5. The van der Waals surface area contributed by atoms with Crippen molar-refractivity contribution in [1.82, 2.24) is 4.40 Å². The van der Waals surface area contributed by atoms with Crippen molar-refractivity contribution in [3.8, 4) is 11.1 Å². The van der Waals surface area contributed by atoms with Crippen LogP contribution in [0.25, 0.3) is 27.5 Å². The fourth-order valence-electron chi connectivity index (χ4n) is 4.46. The maximum absolute atomic E-state index is 14.0. The average Bonchev–Trinajstić information content (AvgIpc) is 3.25. The minimum atomic E-state index is -0.559. The van der Waals surface area contributed by atoms with Gasteiger partial charge < -0.3 is 9.14 Å². The highest BCUT2D eigenvalue weighted by molar-refractivity contribution is 6.23. The molecule has 0 N–H and O–H groups in total. The van der Waals surface area contributed by atoms with Crippen LogP contribution in [0.5, 0.6) is 0 Å². The van der Waals surface area contributed by atoms with E-state index < -0.39 is 5.97 Å². The third kappa shape index (κ3) is 3.39. The molecule has 2 aromatic heterocycles. The minimum absolute atomic E-state index is 0.174. The first-order valence-electron chi connectivity index (χ1n) is 11.0. The van der Waals surface area contributed by atoms with Crippen molar-refractivity contribution in [3.05, 3.63) is 113 Å². The van der Waals surface area contributed by atoms with E-state index in [1.807, 2.05) is 60.7 Å². The average molecular weight is 447 g/mol. The first-order chi connectivity index (χ1) is 16.7. The van der Waals surface area contributed by atoms with Crippen LogP contribution in [0, 0.1) is 0 Å². The molecule has 0 amide bonds. The number of carbonyl (C=O) groups is 3. The van der Waals surface area contributed by atoms with Crippen LogP contribution in [0.4, 0.5) is 0 Å². The lowest BCUT2D eigenvalue weighted by Crippen LogP contribution is -2.10. The second kappa shape index (κ2) is 8.79. The summed E-state index contributed by atoms with van der Waals surface area (Å²) in [6.07, 6.45) is 0.729. The molecule has 0 bridgehead atoms. The molecule has 0 spiro atoms. The fourth-order valence-corrected chi connectivity index (χ4v) is 4.46. The summed E-state index contributed by atoms with van der Waals surface area (Å²) >= 11 is 0. The zero-order chi connectivity index (χ0) is 23.7. The van der Waals surface area contributed by atoms with E-state index in [9.17, 15) is 14.4 Å². The summed E-state index contributed by atoms with van der Waals surface area (Å²) in [6.45, 7) is 1.91. The predicted molar refractivity (Wildman–Crippen MR) is 132 cm³/mol. The molecule has 5 nitrogen and oxygen atoms in total. The Kier molecular flexibility index (Phi) is 5.52. The summed E-state index contributed by atoms with van der Waals surface area (Å²) < 4.78 is 7.16. The molecule has 0 aliphatic rings. The molecular weight excluding hydrogens is 426 g/mol. The van der Waals surface area contributed by atoms with Gasteiger partial charge in [0.15, 0.2) is 12.1 Å². The van der Waals surface area contributed by atoms with Crippen LogP contribution < -0.4 is 0 Å². The summed E-state index contributed by atoms with van der Waals surface area (Å²) in [5, 5.41) is 0.774. The number of ether oxygens (including phenoxy) is 1. The van der Waals surface area contributed by atoms with E-state index in [-0.39, 0.29) is 18.1 Å². The van der Waals surface area contributed by atoms with E-state index in [0.29, 0.717) is 38.9 Å². The molecule has 5 heteroatoms. The number of nitrogens with zero attached hydrogens (tertiary/aromatic N) is 1. The molecule has 0 fully saturated rings. The number of carbonyl (C=O) groups excluding carboxylic acids is 3. The summed E-state index contributed by atoms with van der Waals surface area (Å²) in [4.78, 5) is 39.7. The molecule has 0 saturated heterocycles. The maximum atomic E-state index is 14.0. The predicted octanol–water partition coefficient (Wildman–Crippen LogP) is 5.98.